The SMILES string of the molecule is C/C=C\C(C)=C(/C)CS.CC.CCCNC(=O)CCCCc1nncn1CCc1ccccc1. The Balaban J connectivity index is 0.000000836. The van der Waals surface area contributed by atoms with Gasteiger partial charge in [-0.1, -0.05) is 74.4 Å². The Morgan fingerprint density at radius 3 is 2.44 bits per heavy atom. The maximum absolute atomic E-state index is 11.5. The van der Waals surface area contributed by atoms with Crippen LogP contribution in [0.2, 0.25) is 0 Å². The fourth-order valence-electron chi connectivity index (χ4n) is 2.99. The molecule has 0 atom stereocenters. The molecule has 2 aromatic rings. The number of hydrogen-bond donors (Lipinski definition) is 2. The van der Waals surface area contributed by atoms with Gasteiger partial charge in [-0.25, -0.2) is 0 Å². The average Bonchev–Trinajstić information content (AvgIpc) is 3.33. The van der Waals surface area contributed by atoms with Gasteiger partial charge in [0.25, 0.3) is 0 Å². The van der Waals surface area contributed by atoms with E-state index in [1.54, 1.807) is 6.33 Å². The van der Waals surface area contributed by atoms with Crippen molar-refractivity contribution in [2.24, 2.45) is 0 Å². The van der Waals surface area contributed by atoms with E-state index < -0.39 is 0 Å². The lowest BCUT2D eigenvalue weighted by molar-refractivity contribution is -0.121. The molecular formula is C28H46N4OS. The highest BCUT2D eigenvalue weighted by Crippen LogP contribution is 2.07. The number of aryl methyl sites for hydroxylation is 3. The lowest BCUT2D eigenvalue weighted by Gasteiger charge is -2.07. The number of nitrogens with zero attached hydrogens (tertiary/aromatic N) is 3. The summed E-state index contributed by atoms with van der Waals surface area (Å²) in [5, 5.41) is 11.1. The van der Waals surface area contributed by atoms with Crippen molar-refractivity contribution >= 4 is 18.5 Å². The lowest BCUT2D eigenvalue weighted by atomic mass is 10.1. The summed E-state index contributed by atoms with van der Waals surface area (Å²) in [6.07, 6.45) is 11.2. The third-order valence-electron chi connectivity index (χ3n) is 5.13. The highest BCUT2D eigenvalue weighted by molar-refractivity contribution is 7.80. The number of rotatable bonds is 12. The molecule has 0 radical (unpaired) electrons. The van der Waals surface area contributed by atoms with Gasteiger partial charge in [0.15, 0.2) is 0 Å². The summed E-state index contributed by atoms with van der Waals surface area (Å²) in [5.74, 6) is 2.02. The third kappa shape index (κ3) is 14.7. The summed E-state index contributed by atoms with van der Waals surface area (Å²) >= 11 is 4.16. The van der Waals surface area contributed by atoms with Crippen LogP contribution in [0.15, 0.2) is 60.0 Å². The normalized spacial score (nSPS) is 11.1. The molecule has 0 saturated carbocycles. The summed E-state index contributed by atoms with van der Waals surface area (Å²) in [7, 11) is 0. The van der Waals surface area contributed by atoms with Gasteiger partial charge in [0.1, 0.15) is 12.2 Å². The molecule has 0 fully saturated rings. The smallest absolute Gasteiger partial charge is 0.219 e. The molecular weight excluding hydrogens is 440 g/mol. The number of carbonyl (C=O) groups is 1. The molecule has 1 aromatic heterocycles. The number of carbonyl (C=O) groups excluding carboxylic acids is 1. The molecule has 5 nitrogen and oxygen atoms in total. The summed E-state index contributed by atoms with van der Waals surface area (Å²) < 4.78 is 2.12. The van der Waals surface area contributed by atoms with Crippen molar-refractivity contribution in [2.45, 2.75) is 86.6 Å². The Morgan fingerprint density at radius 1 is 1.12 bits per heavy atom. The van der Waals surface area contributed by atoms with Crippen molar-refractivity contribution in [3.8, 4) is 0 Å². The van der Waals surface area contributed by atoms with Crippen LogP contribution in [0.5, 0.6) is 0 Å². The molecule has 2 rings (SSSR count). The van der Waals surface area contributed by atoms with Crippen LogP contribution in [0.25, 0.3) is 0 Å². The van der Waals surface area contributed by atoms with Crippen LogP contribution in [0.1, 0.15) is 78.6 Å². The van der Waals surface area contributed by atoms with Crippen LogP contribution < -0.4 is 5.32 Å². The molecule has 0 unspecified atom stereocenters. The van der Waals surface area contributed by atoms with Crippen molar-refractivity contribution in [2.75, 3.05) is 12.3 Å². The molecule has 34 heavy (non-hydrogen) atoms. The van der Waals surface area contributed by atoms with Gasteiger partial charge in [0.2, 0.25) is 5.91 Å². The first-order valence-corrected chi connectivity index (χ1v) is 13.2. The molecule has 0 aliphatic carbocycles. The van der Waals surface area contributed by atoms with Gasteiger partial charge in [0.05, 0.1) is 0 Å². The van der Waals surface area contributed by atoms with E-state index in [0.29, 0.717) is 6.42 Å². The fraction of sp³-hybridized carbons (Fsp3) is 0.536. The molecule has 190 valence electrons. The molecule has 6 heteroatoms. The van der Waals surface area contributed by atoms with E-state index in [-0.39, 0.29) is 5.91 Å². The molecule has 0 aliphatic heterocycles. The number of nitrogens with one attached hydrogen (secondary N) is 1. The zero-order valence-electron chi connectivity index (χ0n) is 22.2. The lowest BCUT2D eigenvalue weighted by Crippen LogP contribution is -2.23. The van der Waals surface area contributed by atoms with E-state index >= 15 is 0 Å². The van der Waals surface area contributed by atoms with Crippen LogP contribution in [-0.4, -0.2) is 33.0 Å². The summed E-state index contributed by atoms with van der Waals surface area (Å²) in [4.78, 5) is 11.5. The second-order valence-corrected chi connectivity index (χ2v) is 8.17. The zero-order valence-corrected chi connectivity index (χ0v) is 23.1. The minimum atomic E-state index is 0.150. The Morgan fingerprint density at radius 2 is 1.82 bits per heavy atom. The molecule has 1 heterocycles. The molecule has 0 bridgehead atoms. The van der Waals surface area contributed by atoms with Crippen LogP contribution in [0.3, 0.4) is 0 Å². The maximum atomic E-state index is 11.5. The summed E-state index contributed by atoms with van der Waals surface area (Å²) in [6.45, 7) is 13.9. The van der Waals surface area contributed by atoms with Crippen LogP contribution in [-0.2, 0) is 24.2 Å². The second-order valence-electron chi connectivity index (χ2n) is 7.85. The summed E-state index contributed by atoms with van der Waals surface area (Å²) in [6, 6.07) is 10.4. The average molecular weight is 487 g/mol. The number of thiol groups is 1. The van der Waals surface area contributed by atoms with Gasteiger partial charge in [-0.15, -0.1) is 10.2 Å². The second kappa shape index (κ2) is 21.2. The number of hydrogen-bond acceptors (Lipinski definition) is 4. The topological polar surface area (TPSA) is 59.8 Å². The largest absolute Gasteiger partial charge is 0.356 e. The number of aromatic nitrogens is 3. The van der Waals surface area contributed by atoms with Crippen LogP contribution in [0.4, 0.5) is 0 Å². The predicted octanol–water partition coefficient (Wildman–Crippen LogP) is 6.61. The van der Waals surface area contributed by atoms with E-state index in [1.807, 2.05) is 32.9 Å². The van der Waals surface area contributed by atoms with Crippen molar-refractivity contribution in [3.05, 3.63) is 71.3 Å². The first kappa shape index (κ1) is 31.7. The fourth-order valence-corrected chi connectivity index (χ4v) is 3.24. The molecule has 0 aliphatic rings. The van der Waals surface area contributed by atoms with E-state index in [9.17, 15) is 4.79 Å². The van der Waals surface area contributed by atoms with E-state index in [2.05, 4.69) is 83.8 Å². The van der Waals surface area contributed by atoms with Crippen LogP contribution in [0, 0.1) is 0 Å². The molecule has 1 N–H and O–H groups in total. The standard InChI is InChI=1S/C18H26N4O.C8H14S.C2H6/c1-2-13-19-18(23)11-7-6-10-17-21-20-15-22(17)14-12-16-8-4-3-5-9-16;1-4-5-7(2)8(3)6-9;1-2/h3-5,8-9,15H,2,6-7,10-14H2,1H3,(H,19,23);4-5,9H,6H2,1-3H3;1-2H3/b;5-4-,8-7+;. The Labute approximate surface area is 213 Å². The van der Waals surface area contributed by atoms with Crippen molar-refractivity contribution < 1.29 is 4.79 Å². The van der Waals surface area contributed by atoms with Crippen molar-refractivity contribution in [1.29, 1.82) is 0 Å². The quantitative estimate of drug-likeness (QED) is 0.201. The van der Waals surface area contributed by atoms with Gasteiger partial charge in [-0.05, 0) is 52.0 Å². The Kier molecular flexibility index (Phi) is 19.8. The Bertz CT molecular complexity index is 828. The van der Waals surface area contributed by atoms with Crippen LogP contribution >= 0.6 is 12.6 Å². The first-order chi connectivity index (χ1) is 16.5. The van der Waals surface area contributed by atoms with Gasteiger partial charge in [0, 0.05) is 31.7 Å². The first-order valence-electron chi connectivity index (χ1n) is 12.6. The van der Waals surface area contributed by atoms with E-state index in [4.69, 9.17) is 0 Å². The zero-order chi connectivity index (χ0) is 25.6. The highest BCUT2D eigenvalue weighted by atomic mass is 32.1. The van der Waals surface area contributed by atoms with Gasteiger partial charge in [-0.3, -0.25) is 4.79 Å². The minimum Gasteiger partial charge on any atom is -0.356 e. The van der Waals surface area contributed by atoms with Gasteiger partial charge >= 0.3 is 0 Å². The monoisotopic (exact) mass is 486 g/mol. The maximum Gasteiger partial charge on any atom is 0.219 e. The molecule has 1 aromatic carbocycles. The highest BCUT2D eigenvalue weighted by Gasteiger charge is 2.06. The number of unbranched alkanes of at least 4 members (excludes halogenated alkanes) is 1. The summed E-state index contributed by atoms with van der Waals surface area (Å²) in [5.41, 5.74) is 3.99. The minimum absolute atomic E-state index is 0.150. The Hall–Kier alpha value is -2.34. The van der Waals surface area contributed by atoms with Gasteiger partial charge in [-0.2, -0.15) is 12.6 Å². The molecule has 0 saturated heterocycles. The van der Waals surface area contributed by atoms with Gasteiger partial charge < -0.3 is 9.88 Å². The molecule has 1 amide bonds. The number of amides is 1. The van der Waals surface area contributed by atoms with Crippen molar-refractivity contribution in [3.63, 3.8) is 0 Å². The third-order valence-corrected chi connectivity index (χ3v) is 5.61. The predicted molar refractivity (Wildman–Crippen MR) is 149 cm³/mol. The molecule has 0 spiro atoms. The van der Waals surface area contributed by atoms with E-state index in [0.717, 1.165) is 56.8 Å². The van der Waals surface area contributed by atoms with E-state index in [1.165, 1.54) is 16.7 Å². The number of allylic oxidation sites excluding steroid dienone is 3. The van der Waals surface area contributed by atoms with Crippen molar-refractivity contribution in [1.82, 2.24) is 20.1 Å². The number of benzene rings is 1.